The fourth-order valence-corrected chi connectivity index (χ4v) is 11.3. The van der Waals surface area contributed by atoms with Gasteiger partial charge in [0.25, 0.3) is 11.1 Å². The number of carbonyl (C=O) groups is 3. The summed E-state index contributed by atoms with van der Waals surface area (Å²) in [6.45, 7) is 21.6. The quantitative estimate of drug-likeness (QED) is 0.0639. The van der Waals surface area contributed by atoms with Crippen molar-refractivity contribution in [3.05, 3.63) is 199 Å². The van der Waals surface area contributed by atoms with Crippen LogP contribution in [-0.4, -0.2) is 116 Å². The molecule has 0 unspecified atom stereocenters. The molecule has 4 aliphatic heterocycles. The maximum Gasteiger partial charge on any atom is 0.410 e. The Morgan fingerprint density at radius 3 is 1.28 bits per heavy atom. The fraction of sp³-hybridized carbons (Fsp3) is 0.471. The van der Waals surface area contributed by atoms with Crippen molar-refractivity contribution in [2.24, 2.45) is 31.8 Å². The monoisotopic (exact) mass is 1510 g/mol. The number of nitrogen functional groups attached to an aromatic ring is 1. The van der Waals surface area contributed by atoms with E-state index in [9.17, 15) is 41.5 Å². The average molecular weight is 1510 g/mol. The van der Waals surface area contributed by atoms with Gasteiger partial charge in [-0.05, 0) is 249 Å². The zero-order valence-electron chi connectivity index (χ0n) is 55.3. The smallest absolute Gasteiger partial charge is 0.410 e. The zero-order valence-corrected chi connectivity index (χ0v) is 60.5. The van der Waals surface area contributed by atoms with Gasteiger partial charge in [-0.1, -0.05) is 76.8 Å². The van der Waals surface area contributed by atoms with Crippen molar-refractivity contribution >= 4 is 92.9 Å². The molecule has 4 saturated heterocycles. The minimum Gasteiger partial charge on any atom is -0.444 e. The molecule has 0 spiro atoms. The van der Waals surface area contributed by atoms with Crippen LogP contribution in [0, 0.1) is 44.6 Å². The van der Waals surface area contributed by atoms with Gasteiger partial charge in [0.2, 0.25) is 5.91 Å². The molecule has 4 fully saturated rings. The first-order valence-electron chi connectivity index (χ1n) is 31.6. The predicted octanol–water partition coefficient (Wildman–Crippen LogP) is 15.3. The Balaban J connectivity index is 0.000000215. The van der Waals surface area contributed by atoms with Crippen LogP contribution in [0.2, 0.25) is 20.1 Å². The van der Waals surface area contributed by atoms with Gasteiger partial charge in [0.15, 0.2) is 0 Å². The summed E-state index contributed by atoms with van der Waals surface area (Å²) in [6, 6.07) is 25.6. The summed E-state index contributed by atoms with van der Waals surface area (Å²) >= 11 is 24.5. The Morgan fingerprint density at radius 1 is 0.547 bits per heavy atom. The molecule has 6 heterocycles. The molecule has 0 bridgehead atoms. The maximum absolute atomic E-state index is 13.5. The van der Waals surface area contributed by atoms with Gasteiger partial charge in [-0.3, -0.25) is 14.4 Å². The minimum atomic E-state index is -0.464. The summed E-state index contributed by atoms with van der Waals surface area (Å²) < 4.78 is 66.6. The first-order chi connectivity index (χ1) is 44.7. The summed E-state index contributed by atoms with van der Waals surface area (Å²) in [7, 11) is 3.13. The molecule has 2 aromatic heterocycles. The number of nitrogens with zero attached hydrogens (tertiary/aromatic N) is 7. The van der Waals surface area contributed by atoms with Gasteiger partial charge >= 0.3 is 12.2 Å². The number of ether oxygens (including phenoxy) is 2. The summed E-state index contributed by atoms with van der Waals surface area (Å²) in [5, 5.41) is 11.8. The van der Waals surface area contributed by atoms with Crippen LogP contribution in [0.25, 0.3) is 0 Å². The normalized spacial score (nSPS) is 15.4. The molecule has 0 radical (unpaired) electrons. The molecule has 16 nitrogen and oxygen atoms in total. The van der Waals surface area contributed by atoms with E-state index in [2.05, 4.69) is 22.1 Å². The molecule has 25 heteroatoms. The van der Waals surface area contributed by atoms with Gasteiger partial charge in [0.1, 0.15) is 40.3 Å². The Kier molecular flexibility index (Phi) is 32.3. The molecule has 4 aromatic carbocycles. The van der Waals surface area contributed by atoms with Gasteiger partial charge in [-0.25, -0.2) is 36.5 Å². The van der Waals surface area contributed by atoms with E-state index in [-0.39, 0.29) is 79.0 Å². The third kappa shape index (κ3) is 29.6. The van der Waals surface area contributed by atoms with Crippen molar-refractivity contribution in [1.82, 2.24) is 39.6 Å². The number of nitrogens with two attached hydrogens (primary N) is 1. The van der Waals surface area contributed by atoms with Gasteiger partial charge in [-0.2, -0.15) is 10.2 Å². The number of aryl methyl sites for hydroxylation is 2. The standard InChI is InChI=1S/C19H21ClFN3O2.C17H23ClFNO2.C12H15ClFN.C11H19NO2.C6H3ClFI.C5H7N3O/c1-23-18(25)5-3-15(22-23)12-19(26)24-8-6-13(7-9-24)10-14-2-4-16(20)17(21)11-14;1-17(2,3)22-16(21)20-8-6-12(7-9-20)10-13-4-5-14(18)15(19)11-13;13-11-2-1-10(8-12(11)14)7-9-3-5-15-6-4-9;1-9-5-7-12(8-6-9)10(13)14-11(2,3)4;7-5-2-1-4(9)3-6(5)8;1-8-5(9)3-2-4(6)7-8/h2-5,11,13H,6-10,12H2,1H3;4-5,11-12H,6-10H2,1-3H3;1-2,8-9,15H,3-7H2;1,5-8H2,2-4H3;1-3H;2-3H,1H3,(H2,6,7). The number of rotatable bonds is 8. The third-order valence-corrected chi connectivity index (χ3v) is 17.4. The van der Waals surface area contributed by atoms with Crippen LogP contribution in [0.4, 0.5) is 33.0 Å². The lowest BCUT2D eigenvalue weighted by molar-refractivity contribution is -0.131. The van der Waals surface area contributed by atoms with Crippen molar-refractivity contribution in [2.45, 2.75) is 130 Å². The van der Waals surface area contributed by atoms with E-state index in [1.54, 1.807) is 66.4 Å². The van der Waals surface area contributed by atoms with E-state index in [1.807, 2.05) is 87.2 Å². The molecule has 3 N–H and O–H groups in total. The van der Waals surface area contributed by atoms with Gasteiger partial charge in [0, 0.05) is 69.1 Å². The van der Waals surface area contributed by atoms with Crippen molar-refractivity contribution in [3.63, 3.8) is 0 Å². The molecule has 95 heavy (non-hydrogen) atoms. The molecule has 0 atom stereocenters. The lowest BCUT2D eigenvalue weighted by Gasteiger charge is -2.33. The summed E-state index contributed by atoms with van der Waals surface area (Å²) in [4.78, 5) is 63.4. The van der Waals surface area contributed by atoms with Crippen molar-refractivity contribution in [1.29, 1.82) is 0 Å². The topological polar surface area (TPSA) is 187 Å². The Hall–Kier alpha value is -6.24. The summed E-state index contributed by atoms with van der Waals surface area (Å²) in [5.41, 5.74) is 8.82. The van der Waals surface area contributed by atoms with Gasteiger partial charge in [0.05, 0.1) is 32.2 Å². The van der Waals surface area contributed by atoms with E-state index < -0.39 is 11.2 Å². The highest BCUT2D eigenvalue weighted by molar-refractivity contribution is 14.1. The number of carbonyl (C=O) groups excluding carboxylic acids is 3. The number of aromatic nitrogens is 4. The van der Waals surface area contributed by atoms with Crippen LogP contribution in [-0.2, 0) is 54.0 Å². The second-order valence-electron chi connectivity index (χ2n) is 25.7. The highest BCUT2D eigenvalue weighted by atomic mass is 127. The van der Waals surface area contributed by atoms with Crippen LogP contribution < -0.4 is 22.2 Å². The van der Waals surface area contributed by atoms with Crippen LogP contribution in [0.1, 0.15) is 115 Å². The first kappa shape index (κ1) is 79.4. The average Bonchev–Trinajstić information content (AvgIpc) is 1.20. The molecule has 4 aliphatic rings. The minimum absolute atomic E-state index is 0.0205. The van der Waals surface area contributed by atoms with Gasteiger partial charge < -0.3 is 35.2 Å². The number of hydrogen-bond acceptors (Lipinski definition) is 11. The molecule has 10 rings (SSSR count). The SMILES string of the molecule is C=C1CCN(C(=O)OC(C)(C)C)CC1.CC(C)(C)OC(=O)N1CCC(Cc2ccc(Cl)c(F)c2)CC1.Cn1nc(CC(=O)N2CCC(Cc3ccc(Cl)c(F)c3)CC2)ccc1=O.Cn1nc(N)ccc1=O.Fc1cc(CC2CCNCC2)ccc1Cl.Fc1cc(I)ccc1Cl. The molecular formula is C70H88Cl4F4IN9O7. The molecule has 6 aromatic rings. The Bertz CT molecular complexity index is 3620. The maximum atomic E-state index is 13.5. The predicted molar refractivity (Wildman–Crippen MR) is 378 cm³/mol. The van der Waals surface area contributed by atoms with E-state index >= 15 is 0 Å². The largest absolute Gasteiger partial charge is 0.444 e. The van der Waals surface area contributed by atoms with Crippen LogP contribution in [0.5, 0.6) is 0 Å². The first-order valence-corrected chi connectivity index (χ1v) is 34.2. The lowest BCUT2D eigenvalue weighted by atomic mass is 9.90. The molecule has 3 amide bonds. The number of piperidine rings is 4. The number of nitrogens with one attached hydrogen (secondary N) is 1. The summed E-state index contributed by atoms with van der Waals surface area (Å²) in [6.07, 6.45) is 10.1. The number of amides is 3. The second-order valence-corrected chi connectivity index (χ2v) is 28.6. The summed E-state index contributed by atoms with van der Waals surface area (Å²) in [5.74, 6) is 0.532. The number of hydrogen-bond donors (Lipinski definition) is 2. The molecular weight excluding hydrogens is 1420 g/mol. The van der Waals surface area contributed by atoms with Crippen LogP contribution in [0.3, 0.4) is 0 Å². The van der Waals surface area contributed by atoms with Gasteiger partial charge in [-0.15, -0.1) is 0 Å². The zero-order chi connectivity index (χ0) is 70.2. The van der Waals surface area contributed by atoms with Crippen molar-refractivity contribution in [2.75, 3.05) is 58.1 Å². The van der Waals surface area contributed by atoms with Crippen LogP contribution >= 0.6 is 69.0 Å². The number of halogens is 9. The Morgan fingerprint density at radius 2 is 0.916 bits per heavy atom. The van der Waals surface area contributed by atoms with E-state index in [0.29, 0.717) is 55.4 Å². The Labute approximate surface area is 588 Å². The third-order valence-electron chi connectivity index (χ3n) is 15.6. The van der Waals surface area contributed by atoms with Crippen LogP contribution in [0.15, 0.2) is 119 Å². The van der Waals surface area contributed by atoms with Crippen molar-refractivity contribution in [3.8, 4) is 0 Å². The number of likely N-dealkylation sites (tertiary alicyclic amines) is 3. The molecule has 518 valence electrons. The second kappa shape index (κ2) is 38.6. The lowest BCUT2D eigenvalue weighted by Crippen LogP contribution is -2.42. The van der Waals surface area contributed by atoms with Crippen molar-refractivity contribution < 1.29 is 41.4 Å². The highest BCUT2D eigenvalue weighted by Crippen LogP contribution is 2.28. The number of anilines is 1. The van der Waals surface area contributed by atoms with E-state index in [1.165, 1.54) is 64.2 Å². The molecule has 0 saturated carbocycles. The number of benzene rings is 4. The highest BCUT2D eigenvalue weighted by Gasteiger charge is 2.28. The van der Waals surface area contributed by atoms with E-state index in [0.717, 1.165) is 104 Å². The van der Waals surface area contributed by atoms with E-state index in [4.69, 9.17) is 61.6 Å². The molecule has 0 aliphatic carbocycles. The fourth-order valence-electron chi connectivity index (χ4n) is 10.4.